The number of fused-ring (bicyclic) bond motifs is 1. The van der Waals surface area contributed by atoms with E-state index in [0.29, 0.717) is 0 Å². The number of amides is 2. The van der Waals surface area contributed by atoms with Crippen LogP contribution < -0.4 is 11.1 Å². The number of hydrogen-bond acceptors (Lipinski definition) is 2. The van der Waals surface area contributed by atoms with Crippen LogP contribution in [0.3, 0.4) is 0 Å². The summed E-state index contributed by atoms with van der Waals surface area (Å²) in [7, 11) is 0. The molecule has 0 radical (unpaired) electrons. The van der Waals surface area contributed by atoms with E-state index in [2.05, 4.69) is 12.2 Å². The van der Waals surface area contributed by atoms with Crippen LogP contribution in [-0.2, 0) is 19.3 Å². The third kappa shape index (κ3) is 2.07. The number of hydrogen-bond donors (Lipinski definition) is 2. The Labute approximate surface area is 107 Å². The molecule has 0 saturated heterocycles. The molecule has 0 unspecified atom stereocenters. The van der Waals surface area contributed by atoms with E-state index < -0.39 is 6.03 Å². The second-order valence-electron chi connectivity index (χ2n) is 5.47. The summed E-state index contributed by atoms with van der Waals surface area (Å²) in [5.74, 6) is 0.803. The lowest BCUT2D eigenvalue weighted by molar-refractivity contribution is 0.259. The SMILES string of the molecule is Cc1c(CC2CC2)nc2c(c1NC(N)=O)CCC2. The smallest absolute Gasteiger partial charge is 0.316 e. The normalized spacial score (nSPS) is 17.6. The Balaban J connectivity index is 2.02. The fourth-order valence-electron chi connectivity index (χ4n) is 2.82. The number of urea groups is 1. The Bertz CT molecular complexity index is 506. The van der Waals surface area contributed by atoms with Crippen LogP contribution in [0.4, 0.5) is 10.5 Å². The van der Waals surface area contributed by atoms with Crippen molar-refractivity contribution in [3.05, 3.63) is 22.5 Å². The van der Waals surface area contributed by atoms with Crippen molar-refractivity contribution in [2.24, 2.45) is 11.7 Å². The summed E-state index contributed by atoms with van der Waals surface area (Å²) >= 11 is 0. The van der Waals surface area contributed by atoms with E-state index in [1.807, 2.05) is 0 Å². The van der Waals surface area contributed by atoms with Gasteiger partial charge in [0.25, 0.3) is 0 Å². The average molecular weight is 245 g/mol. The highest BCUT2D eigenvalue weighted by molar-refractivity contribution is 5.90. The van der Waals surface area contributed by atoms with Gasteiger partial charge in [0.15, 0.2) is 0 Å². The molecule has 2 aliphatic carbocycles. The van der Waals surface area contributed by atoms with E-state index in [1.165, 1.54) is 24.1 Å². The molecule has 3 N–H and O–H groups in total. The molecule has 0 atom stereocenters. The molecule has 1 aromatic rings. The minimum absolute atomic E-state index is 0.476. The quantitative estimate of drug-likeness (QED) is 0.858. The standard InChI is InChI=1S/C14H19N3O/c1-8-12(7-9-5-6-9)16-11-4-2-3-10(11)13(8)17-14(15)18/h9H,2-7H2,1H3,(H3,15,16,17,18). The van der Waals surface area contributed by atoms with Gasteiger partial charge in [-0.25, -0.2) is 4.79 Å². The van der Waals surface area contributed by atoms with Gasteiger partial charge in [-0.1, -0.05) is 0 Å². The third-order valence-electron chi connectivity index (χ3n) is 4.00. The summed E-state index contributed by atoms with van der Waals surface area (Å²) in [5, 5.41) is 2.81. The number of nitrogens with zero attached hydrogens (tertiary/aromatic N) is 1. The van der Waals surface area contributed by atoms with Crippen molar-refractivity contribution in [3.63, 3.8) is 0 Å². The minimum Gasteiger partial charge on any atom is -0.351 e. The molecule has 96 valence electrons. The maximum atomic E-state index is 11.2. The van der Waals surface area contributed by atoms with Gasteiger partial charge in [-0.3, -0.25) is 4.98 Å². The van der Waals surface area contributed by atoms with Gasteiger partial charge in [-0.15, -0.1) is 0 Å². The Hall–Kier alpha value is -1.58. The zero-order chi connectivity index (χ0) is 12.7. The van der Waals surface area contributed by atoms with Crippen LogP contribution in [0.25, 0.3) is 0 Å². The van der Waals surface area contributed by atoms with Gasteiger partial charge in [-0.2, -0.15) is 0 Å². The predicted octanol–water partition coefficient (Wildman–Crippen LogP) is 2.32. The number of carbonyl (C=O) groups excluding carboxylic acids is 1. The van der Waals surface area contributed by atoms with Gasteiger partial charge in [0.1, 0.15) is 0 Å². The Morgan fingerprint density at radius 1 is 1.44 bits per heavy atom. The van der Waals surface area contributed by atoms with Gasteiger partial charge in [0.2, 0.25) is 0 Å². The number of carbonyl (C=O) groups is 1. The van der Waals surface area contributed by atoms with Crippen LogP contribution in [-0.4, -0.2) is 11.0 Å². The van der Waals surface area contributed by atoms with Gasteiger partial charge in [0.05, 0.1) is 5.69 Å². The molecule has 0 spiro atoms. The third-order valence-corrected chi connectivity index (χ3v) is 4.00. The first kappa shape index (κ1) is 11.5. The summed E-state index contributed by atoms with van der Waals surface area (Å²) in [6.45, 7) is 2.05. The first-order chi connectivity index (χ1) is 8.65. The average Bonchev–Trinajstić information content (AvgIpc) is 3.00. The van der Waals surface area contributed by atoms with E-state index in [0.717, 1.165) is 48.5 Å². The van der Waals surface area contributed by atoms with Crippen LogP contribution >= 0.6 is 0 Å². The number of aryl methyl sites for hydroxylation is 1. The van der Waals surface area contributed by atoms with E-state index in [-0.39, 0.29) is 0 Å². The summed E-state index contributed by atoms with van der Waals surface area (Å²) in [6.07, 6.45) is 6.84. The summed E-state index contributed by atoms with van der Waals surface area (Å²) < 4.78 is 0. The fraction of sp³-hybridized carbons (Fsp3) is 0.571. The van der Waals surface area contributed by atoms with Gasteiger partial charge < -0.3 is 11.1 Å². The van der Waals surface area contributed by atoms with Crippen LogP contribution in [0.1, 0.15) is 41.8 Å². The van der Waals surface area contributed by atoms with Crippen LogP contribution in [0.5, 0.6) is 0 Å². The maximum absolute atomic E-state index is 11.2. The second-order valence-corrected chi connectivity index (χ2v) is 5.47. The molecule has 0 aliphatic heterocycles. The van der Waals surface area contributed by atoms with Gasteiger partial charge in [-0.05, 0) is 62.5 Å². The van der Waals surface area contributed by atoms with Gasteiger partial charge in [0, 0.05) is 11.4 Å². The van der Waals surface area contributed by atoms with Crippen LogP contribution in [0.15, 0.2) is 0 Å². The fourth-order valence-corrected chi connectivity index (χ4v) is 2.82. The molecular formula is C14H19N3O. The number of anilines is 1. The number of nitrogens with two attached hydrogens (primary N) is 1. The number of primary amides is 1. The van der Waals surface area contributed by atoms with Crippen molar-refractivity contribution >= 4 is 11.7 Å². The zero-order valence-electron chi connectivity index (χ0n) is 10.8. The van der Waals surface area contributed by atoms with Gasteiger partial charge >= 0.3 is 6.03 Å². The topological polar surface area (TPSA) is 68.0 Å². The molecule has 1 saturated carbocycles. The summed E-state index contributed by atoms with van der Waals surface area (Å²) in [5.41, 5.74) is 10.8. The van der Waals surface area contributed by atoms with Crippen LogP contribution in [0.2, 0.25) is 0 Å². The number of aromatic nitrogens is 1. The van der Waals surface area contributed by atoms with Crippen molar-refractivity contribution in [2.75, 3.05) is 5.32 Å². The molecule has 1 heterocycles. The zero-order valence-corrected chi connectivity index (χ0v) is 10.8. The van der Waals surface area contributed by atoms with E-state index in [4.69, 9.17) is 10.7 Å². The molecule has 2 amide bonds. The molecule has 18 heavy (non-hydrogen) atoms. The number of pyridine rings is 1. The summed E-state index contributed by atoms with van der Waals surface area (Å²) in [4.78, 5) is 16.0. The highest BCUT2D eigenvalue weighted by atomic mass is 16.2. The number of nitrogens with one attached hydrogen (secondary N) is 1. The lowest BCUT2D eigenvalue weighted by Gasteiger charge is -2.15. The first-order valence-corrected chi connectivity index (χ1v) is 6.73. The predicted molar refractivity (Wildman–Crippen MR) is 70.6 cm³/mol. The molecule has 4 heteroatoms. The van der Waals surface area contributed by atoms with Crippen molar-refractivity contribution in [1.82, 2.24) is 4.98 Å². The molecular weight excluding hydrogens is 226 g/mol. The Morgan fingerprint density at radius 2 is 2.22 bits per heavy atom. The van der Waals surface area contributed by atoms with Crippen molar-refractivity contribution in [3.8, 4) is 0 Å². The second kappa shape index (κ2) is 4.26. The Morgan fingerprint density at radius 3 is 2.89 bits per heavy atom. The highest BCUT2D eigenvalue weighted by Gasteiger charge is 2.26. The lowest BCUT2D eigenvalue weighted by atomic mass is 10.0. The molecule has 2 aliphatic rings. The van der Waals surface area contributed by atoms with Crippen LogP contribution in [0, 0.1) is 12.8 Å². The lowest BCUT2D eigenvalue weighted by Crippen LogP contribution is -2.22. The monoisotopic (exact) mass is 245 g/mol. The first-order valence-electron chi connectivity index (χ1n) is 6.73. The maximum Gasteiger partial charge on any atom is 0.316 e. The molecule has 0 aromatic carbocycles. The van der Waals surface area contributed by atoms with Crippen molar-refractivity contribution in [2.45, 2.75) is 45.4 Å². The molecule has 1 aromatic heterocycles. The highest BCUT2D eigenvalue weighted by Crippen LogP contribution is 2.37. The molecule has 0 bridgehead atoms. The molecule has 3 rings (SSSR count). The molecule has 1 fully saturated rings. The minimum atomic E-state index is -0.476. The van der Waals surface area contributed by atoms with Crippen molar-refractivity contribution in [1.29, 1.82) is 0 Å². The van der Waals surface area contributed by atoms with E-state index >= 15 is 0 Å². The molecule has 4 nitrogen and oxygen atoms in total. The number of rotatable bonds is 3. The van der Waals surface area contributed by atoms with E-state index in [9.17, 15) is 4.79 Å². The largest absolute Gasteiger partial charge is 0.351 e. The van der Waals surface area contributed by atoms with Crippen molar-refractivity contribution < 1.29 is 4.79 Å². The Kier molecular flexibility index (Phi) is 2.73. The summed E-state index contributed by atoms with van der Waals surface area (Å²) in [6, 6.07) is -0.476. The van der Waals surface area contributed by atoms with E-state index in [1.54, 1.807) is 0 Å².